The Balaban J connectivity index is 2.62. The Bertz CT molecular complexity index is 382. The van der Waals surface area contributed by atoms with Crippen LogP contribution in [0.2, 0.25) is 0 Å². The molecule has 1 heteroatoms. The molecule has 1 rings (SSSR count). The average molecular weight is 274 g/mol. The molecule has 0 heterocycles. The predicted octanol–water partition coefficient (Wildman–Crippen LogP) is 5.66. The van der Waals surface area contributed by atoms with Crippen molar-refractivity contribution in [2.75, 3.05) is 12.8 Å². The standard InChI is InChI=1S/C18H27P/c1-4-16(2)15-18(13-9-6-10-14-19-3)17-11-7-5-8-12-17/h4-8,10-11,16,19H,1,9,12-15H2,2-3H3/b10-6-,18-17+/t16-/m1/s1. The van der Waals surface area contributed by atoms with Crippen molar-refractivity contribution in [1.82, 2.24) is 0 Å². The van der Waals surface area contributed by atoms with E-state index in [4.69, 9.17) is 0 Å². The maximum Gasteiger partial charge on any atom is -0.00948 e. The number of hydrogen-bond acceptors (Lipinski definition) is 0. The highest BCUT2D eigenvalue weighted by molar-refractivity contribution is 7.37. The summed E-state index contributed by atoms with van der Waals surface area (Å²) in [6, 6.07) is 0. The van der Waals surface area contributed by atoms with Gasteiger partial charge in [-0.05, 0) is 50.0 Å². The van der Waals surface area contributed by atoms with E-state index < -0.39 is 0 Å². The smallest absolute Gasteiger partial charge is 0.00948 e. The lowest BCUT2D eigenvalue weighted by molar-refractivity contribution is 0.684. The fourth-order valence-corrected chi connectivity index (χ4v) is 2.62. The molecular formula is C18H27P. The quantitative estimate of drug-likeness (QED) is 0.396. The van der Waals surface area contributed by atoms with Crippen molar-refractivity contribution in [3.63, 3.8) is 0 Å². The van der Waals surface area contributed by atoms with Gasteiger partial charge in [-0.25, -0.2) is 0 Å². The maximum absolute atomic E-state index is 3.91. The van der Waals surface area contributed by atoms with Crippen LogP contribution in [0.3, 0.4) is 0 Å². The summed E-state index contributed by atoms with van der Waals surface area (Å²) in [5.74, 6) is 0.572. The maximum atomic E-state index is 3.91. The zero-order chi connectivity index (χ0) is 13.9. The summed E-state index contributed by atoms with van der Waals surface area (Å²) in [5.41, 5.74) is 3.12. The molecule has 104 valence electrons. The molecule has 0 aromatic carbocycles. The fraction of sp³-hybridized carbons (Fsp3) is 0.444. The van der Waals surface area contributed by atoms with Crippen LogP contribution in [0, 0.1) is 5.92 Å². The molecule has 19 heavy (non-hydrogen) atoms. The van der Waals surface area contributed by atoms with Gasteiger partial charge < -0.3 is 0 Å². The Morgan fingerprint density at radius 1 is 1.42 bits per heavy atom. The summed E-state index contributed by atoms with van der Waals surface area (Å²) in [5, 5.41) is 0. The first kappa shape index (κ1) is 16.2. The van der Waals surface area contributed by atoms with Crippen LogP contribution in [0.25, 0.3) is 0 Å². The van der Waals surface area contributed by atoms with Crippen LogP contribution in [0.4, 0.5) is 0 Å². The Kier molecular flexibility index (Phi) is 8.50. The van der Waals surface area contributed by atoms with Crippen LogP contribution in [0.1, 0.15) is 32.6 Å². The molecule has 0 spiro atoms. The van der Waals surface area contributed by atoms with Crippen molar-refractivity contribution in [3.05, 3.63) is 60.3 Å². The second-order valence-electron chi connectivity index (χ2n) is 5.11. The first-order valence-electron chi connectivity index (χ1n) is 7.24. The minimum absolute atomic E-state index is 0.572. The van der Waals surface area contributed by atoms with Gasteiger partial charge in [0.15, 0.2) is 0 Å². The third-order valence-corrected chi connectivity index (χ3v) is 4.05. The Hall–Kier alpha value is -0.870. The van der Waals surface area contributed by atoms with Crippen molar-refractivity contribution in [2.45, 2.75) is 32.6 Å². The van der Waals surface area contributed by atoms with Gasteiger partial charge >= 0.3 is 0 Å². The van der Waals surface area contributed by atoms with Crippen LogP contribution in [0.15, 0.2) is 60.3 Å². The normalized spacial score (nSPS) is 19.5. The van der Waals surface area contributed by atoms with Crippen molar-refractivity contribution >= 4 is 8.58 Å². The SMILES string of the molecule is C=C[C@@H](C)C/C(CC/C=C\CPC)=C1\C=CC=CC1. The van der Waals surface area contributed by atoms with Crippen molar-refractivity contribution < 1.29 is 0 Å². The molecule has 0 nitrogen and oxygen atoms in total. The van der Waals surface area contributed by atoms with E-state index in [1.165, 1.54) is 24.6 Å². The van der Waals surface area contributed by atoms with E-state index in [0.717, 1.165) is 21.4 Å². The molecular weight excluding hydrogens is 247 g/mol. The average Bonchev–Trinajstić information content (AvgIpc) is 2.46. The summed E-state index contributed by atoms with van der Waals surface area (Å²) >= 11 is 0. The second kappa shape index (κ2) is 9.98. The van der Waals surface area contributed by atoms with E-state index in [2.05, 4.69) is 62.7 Å². The van der Waals surface area contributed by atoms with Gasteiger partial charge in [0.25, 0.3) is 0 Å². The summed E-state index contributed by atoms with van der Waals surface area (Å²) in [7, 11) is 1.03. The Morgan fingerprint density at radius 3 is 2.89 bits per heavy atom. The molecule has 0 amide bonds. The van der Waals surface area contributed by atoms with Crippen molar-refractivity contribution in [2.24, 2.45) is 5.92 Å². The van der Waals surface area contributed by atoms with E-state index >= 15 is 0 Å². The molecule has 1 aliphatic carbocycles. The van der Waals surface area contributed by atoms with E-state index in [1.54, 1.807) is 5.57 Å². The van der Waals surface area contributed by atoms with Crippen LogP contribution < -0.4 is 0 Å². The monoisotopic (exact) mass is 274 g/mol. The predicted molar refractivity (Wildman–Crippen MR) is 91.4 cm³/mol. The van der Waals surface area contributed by atoms with Crippen LogP contribution in [-0.4, -0.2) is 12.8 Å². The van der Waals surface area contributed by atoms with Gasteiger partial charge in [0.1, 0.15) is 0 Å². The molecule has 0 aromatic heterocycles. The molecule has 0 saturated carbocycles. The molecule has 0 fully saturated rings. The molecule has 0 radical (unpaired) electrons. The highest BCUT2D eigenvalue weighted by atomic mass is 31.1. The number of hydrogen-bond donors (Lipinski definition) is 0. The zero-order valence-electron chi connectivity index (χ0n) is 12.4. The van der Waals surface area contributed by atoms with E-state index in [-0.39, 0.29) is 0 Å². The minimum Gasteiger partial charge on any atom is -0.121 e. The first-order chi connectivity index (χ1) is 9.27. The number of allylic oxidation sites excluding steroid dienone is 9. The van der Waals surface area contributed by atoms with Gasteiger partial charge in [-0.15, -0.1) is 15.2 Å². The lowest BCUT2D eigenvalue weighted by Crippen LogP contribution is -1.98. The van der Waals surface area contributed by atoms with E-state index in [0.29, 0.717) is 5.92 Å². The topological polar surface area (TPSA) is 0 Å². The largest absolute Gasteiger partial charge is 0.121 e. The van der Waals surface area contributed by atoms with Crippen molar-refractivity contribution in [1.29, 1.82) is 0 Å². The molecule has 0 aromatic rings. The molecule has 1 unspecified atom stereocenters. The minimum atomic E-state index is 0.572. The van der Waals surface area contributed by atoms with E-state index in [9.17, 15) is 0 Å². The lowest BCUT2D eigenvalue weighted by atomic mass is 9.90. The third-order valence-electron chi connectivity index (χ3n) is 3.41. The van der Waals surface area contributed by atoms with Crippen LogP contribution >= 0.6 is 8.58 Å². The molecule has 1 aliphatic rings. The second-order valence-corrected chi connectivity index (χ2v) is 6.22. The third kappa shape index (κ3) is 6.73. The van der Waals surface area contributed by atoms with E-state index in [1.807, 2.05) is 0 Å². The van der Waals surface area contributed by atoms with Crippen molar-refractivity contribution in [3.8, 4) is 0 Å². The summed E-state index contributed by atoms with van der Waals surface area (Å²) < 4.78 is 0. The van der Waals surface area contributed by atoms with Gasteiger partial charge in [-0.3, -0.25) is 0 Å². The summed E-state index contributed by atoms with van der Waals surface area (Å²) in [6.45, 7) is 8.42. The summed E-state index contributed by atoms with van der Waals surface area (Å²) in [6.07, 6.45) is 21.4. The van der Waals surface area contributed by atoms with Gasteiger partial charge in [-0.1, -0.05) is 55.0 Å². The molecule has 0 N–H and O–H groups in total. The Labute approximate surface area is 120 Å². The lowest BCUT2D eigenvalue weighted by Gasteiger charge is -2.15. The molecule has 0 aliphatic heterocycles. The van der Waals surface area contributed by atoms with Crippen LogP contribution in [0.5, 0.6) is 0 Å². The first-order valence-corrected chi connectivity index (χ1v) is 8.95. The van der Waals surface area contributed by atoms with Gasteiger partial charge in [0.05, 0.1) is 0 Å². The molecule has 0 saturated heterocycles. The van der Waals surface area contributed by atoms with Gasteiger partial charge in [0, 0.05) is 0 Å². The fourth-order valence-electron chi connectivity index (χ4n) is 2.22. The van der Waals surface area contributed by atoms with Gasteiger partial charge in [-0.2, -0.15) is 0 Å². The highest BCUT2D eigenvalue weighted by Gasteiger charge is 2.07. The molecule has 0 bridgehead atoms. The Morgan fingerprint density at radius 2 is 2.26 bits per heavy atom. The van der Waals surface area contributed by atoms with Gasteiger partial charge in [0.2, 0.25) is 0 Å². The molecule has 2 atom stereocenters. The summed E-state index contributed by atoms with van der Waals surface area (Å²) in [4.78, 5) is 0. The van der Waals surface area contributed by atoms with Crippen LogP contribution in [-0.2, 0) is 0 Å². The number of rotatable bonds is 8. The highest BCUT2D eigenvalue weighted by Crippen LogP contribution is 2.25. The zero-order valence-corrected chi connectivity index (χ0v) is 13.4.